The van der Waals surface area contributed by atoms with Gasteiger partial charge in [-0.3, -0.25) is 19.5 Å². The molecule has 3 rings (SSSR count). The molecule has 7 nitrogen and oxygen atoms in total. The van der Waals surface area contributed by atoms with Crippen molar-refractivity contribution in [2.24, 2.45) is 11.3 Å². The van der Waals surface area contributed by atoms with E-state index in [2.05, 4.69) is 36.4 Å². The fraction of sp³-hybridized carbons (Fsp3) is 0.600. The number of hydrogen-bond donors (Lipinski definition) is 2. The number of nitrogens with one attached hydrogen (secondary N) is 2. The molecule has 0 radical (unpaired) electrons. The Morgan fingerprint density at radius 3 is 2.78 bits per heavy atom. The van der Waals surface area contributed by atoms with E-state index in [-0.39, 0.29) is 23.8 Å². The molecule has 2 heterocycles. The lowest BCUT2D eigenvalue weighted by atomic mass is 9.64. The molecule has 1 spiro atoms. The van der Waals surface area contributed by atoms with E-state index in [1.807, 2.05) is 18.2 Å². The number of hydrogen-bond acceptors (Lipinski definition) is 4. The van der Waals surface area contributed by atoms with E-state index in [4.69, 9.17) is 0 Å². The maximum atomic E-state index is 13.0. The van der Waals surface area contributed by atoms with Gasteiger partial charge in [-0.25, -0.2) is 4.79 Å². The number of amides is 4. The third-order valence-electron chi connectivity index (χ3n) is 5.36. The van der Waals surface area contributed by atoms with Crippen molar-refractivity contribution in [2.45, 2.75) is 52.0 Å². The van der Waals surface area contributed by atoms with Crippen LogP contribution >= 0.6 is 0 Å². The Morgan fingerprint density at radius 2 is 2.11 bits per heavy atom. The van der Waals surface area contributed by atoms with Crippen molar-refractivity contribution in [3.63, 3.8) is 0 Å². The Bertz CT molecular complexity index is 734. The molecule has 2 unspecified atom stereocenters. The first-order valence-electron chi connectivity index (χ1n) is 9.52. The summed E-state index contributed by atoms with van der Waals surface area (Å²) in [4.78, 5) is 42.9. The molecule has 1 aromatic heterocycles. The van der Waals surface area contributed by atoms with E-state index in [0.717, 1.165) is 17.0 Å². The first-order valence-corrected chi connectivity index (χ1v) is 9.52. The quantitative estimate of drug-likeness (QED) is 0.772. The number of nitrogens with zero attached hydrogens (tertiary/aromatic N) is 2. The molecule has 1 aliphatic carbocycles. The summed E-state index contributed by atoms with van der Waals surface area (Å²) in [6.45, 7) is 6.51. The number of rotatable bonds is 5. The molecular formula is C20H28N4O3. The van der Waals surface area contributed by atoms with Crippen LogP contribution in [0.5, 0.6) is 0 Å². The van der Waals surface area contributed by atoms with Crippen molar-refractivity contribution in [3.8, 4) is 0 Å². The van der Waals surface area contributed by atoms with Gasteiger partial charge in [-0.15, -0.1) is 0 Å². The molecule has 7 heteroatoms. The summed E-state index contributed by atoms with van der Waals surface area (Å²) < 4.78 is 0. The van der Waals surface area contributed by atoms with Crippen molar-refractivity contribution in [2.75, 3.05) is 13.1 Å². The van der Waals surface area contributed by atoms with Gasteiger partial charge in [0.1, 0.15) is 12.1 Å². The van der Waals surface area contributed by atoms with Crippen molar-refractivity contribution in [3.05, 3.63) is 30.1 Å². The van der Waals surface area contributed by atoms with Crippen LogP contribution in [0.4, 0.5) is 4.79 Å². The molecule has 0 bridgehead atoms. The summed E-state index contributed by atoms with van der Waals surface area (Å²) in [5, 5.41) is 5.65. The van der Waals surface area contributed by atoms with Crippen molar-refractivity contribution in [1.82, 2.24) is 20.5 Å². The number of pyridine rings is 1. The van der Waals surface area contributed by atoms with E-state index in [0.29, 0.717) is 31.7 Å². The molecule has 2 atom stereocenters. The minimum atomic E-state index is -0.869. The second kappa shape index (κ2) is 7.29. The summed E-state index contributed by atoms with van der Waals surface area (Å²) in [7, 11) is 0. The largest absolute Gasteiger partial charge is 0.354 e. The standard InChI is InChI=1S/C20H28N4O3/c1-14-10-19(2,3)13-20(11-14)17(26)24(18(27)23-20)12-16(25)22-9-7-15-6-4-5-8-21-15/h4-6,8,14H,7,9-13H2,1-3H3,(H,22,25)(H,23,27). The lowest BCUT2D eigenvalue weighted by Gasteiger charge is -2.43. The SMILES string of the molecule is CC1CC(C)(C)CC2(C1)NC(=O)N(CC(=O)NCCc1ccccn1)C2=O. The van der Waals surface area contributed by atoms with Crippen LogP contribution in [-0.4, -0.2) is 46.4 Å². The zero-order valence-corrected chi connectivity index (χ0v) is 16.2. The zero-order chi connectivity index (χ0) is 19.7. The molecule has 27 heavy (non-hydrogen) atoms. The van der Waals surface area contributed by atoms with E-state index < -0.39 is 11.6 Å². The van der Waals surface area contributed by atoms with Crippen molar-refractivity contribution < 1.29 is 14.4 Å². The van der Waals surface area contributed by atoms with Crippen LogP contribution in [0.25, 0.3) is 0 Å². The van der Waals surface area contributed by atoms with E-state index in [1.54, 1.807) is 6.20 Å². The first kappa shape index (κ1) is 19.3. The third-order valence-corrected chi connectivity index (χ3v) is 5.36. The second-order valence-corrected chi connectivity index (χ2v) is 8.68. The van der Waals surface area contributed by atoms with Gasteiger partial charge in [0, 0.05) is 24.9 Å². The van der Waals surface area contributed by atoms with Crippen LogP contribution in [0.2, 0.25) is 0 Å². The number of urea groups is 1. The minimum Gasteiger partial charge on any atom is -0.354 e. The van der Waals surface area contributed by atoms with E-state index >= 15 is 0 Å². The predicted molar refractivity (Wildman–Crippen MR) is 101 cm³/mol. The van der Waals surface area contributed by atoms with Gasteiger partial charge in [0.25, 0.3) is 5.91 Å². The maximum absolute atomic E-state index is 13.0. The van der Waals surface area contributed by atoms with Crippen LogP contribution < -0.4 is 10.6 Å². The molecular weight excluding hydrogens is 344 g/mol. The van der Waals surface area contributed by atoms with Crippen LogP contribution in [-0.2, 0) is 16.0 Å². The average molecular weight is 372 g/mol. The Morgan fingerprint density at radius 1 is 1.33 bits per heavy atom. The Balaban J connectivity index is 1.58. The highest BCUT2D eigenvalue weighted by atomic mass is 16.2. The van der Waals surface area contributed by atoms with Gasteiger partial charge in [0.2, 0.25) is 5.91 Å². The van der Waals surface area contributed by atoms with Gasteiger partial charge < -0.3 is 10.6 Å². The minimum absolute atomic E-state index is 0.0262. The highest BCUT2D eigenvalue weighted by Gasteiger charge is 2.56. The third kappa shape index (κ3) is 4.28. The molecule has 1 saturated carbocycles. The number of aromatic nitrogens is 1. The summed E-state index contributed by atoms with van der Waals surface area (Å²) in [6.07, 6.45) is 4.55. The van der Waals surface area contributed by atoms with Gasteiger partial charge >= 0.3 is 6.03 Å². The summed E-state index contributed by atoms with van der Waals surface area (Å²) in [5.74, 6) is -0.272. The van der Waals surface area contributed by atoms with Gasteiger partial charge in [-0.2, -0.15) is 0 Å². The summed E-state index contributed by atoms with van der Waals surface area (Å²) in [5.41, 5.74) is -0.0150. The lowest BCUT2D eigenvalue weighted by Crippen LogP contribution is -2.54. The van der Waals surface area contributed by atoms with Crippen molar-refractivity contribution in [1.29, 1.82) is 0 Å². The van der Waals surface area contributed by atoms with Gasteiger partial charge in [0.15, 0.2) is 0 Å². The predicted octanol–water partition coefficient (Wildman–Crippen LogP) is 1.88. The molecule has 4 amide bonds. The maximum Gasteiger partial charge on any atom is 0.325 e. The number of imide groups is 1. The van der Waals surface area contributed by atoms with Crippen LogP contribution in [0.3, 0.4) is 0 Å². The smallest absolute Gasteiger partial charge is 0.325 e. The van der Waals surface area contributed by atoms with Crippen molar-refractivity contribution >= 4 is 17.8 Å². The van der Waals surface area contributed by atoms with Gasteiger partial charge in [-0.05, 0) is 42.7 Å². The number of carbonyl (C=O) groups is 3. The highest BCUT2D eigenvalue weighted by Crippen LogP contribution is 2.46. The zero-order valence-electron chi connectivity index (χ0n) is 16.2. The molecule has 2 fully saturated rings. The topological polar surface area (TPSA) is 91.4 Å². The monoisotopic (exact) mass is 372 g/mol. The van der Waals surface area contributed by atoms with E-state index in [9.17, 15) is 14.4 Å². The summed E-state index contributed by atoms with van der Waals surface area (Å²) >= 11 is 0. The highest BCUT2D eigenvalue weighted by molar-refractivity contribution is 6.09. The molecule has 1 saturated heterocycles. The first-order chi connectivity index (χ1) is 12.7. The lowest BCUT2D eigenvalue weighted by molar-refractivity contribution is -0.137. The normalized spacial score (nSPS) is 26.9. The Labute approximate surface area is 159 Å². The second-order valence-electron chi connectivity index (χ2n) is 8.68. The Kier molecular flexibility index (Phi) is 5.22. The number of carbonyl (C=O) groups excluding carboxylic acids is 3. The van der Waals surface area contributed by atoms with Gasteiger partial charge in [-0.1, -0.05) is 26.8 Å². The Hall–Kier alpha value is -2.44. The molecule has 1 aromatic rings. The molecule has 0 aromatic carbocycles. The molecule has 2 N–H and O–H groups in total. The van der Waals surface area contributed by atoms with Crippen LogP contribution in [0, 0.1) is 11.3 Å². The summed E-state index contributed by atoms with van der Waals surface area (Å²) in [6, 6.07) is 5.15. The van der Waals surface area contributed by atoms with Crippen LogP contribution in [0.15, 0.2) is 24.4 Å². The molecule has 2 aliphatic rings. The van der Waals surface area contributed by atoms with Gasteiger partial charge in [0.05, 0.1) is 0 Å². The van der Waals surface area contributed by atoms with Crippen LogP contribution in [0.1, 0.15) is 45.7 Å². The average Bonchev–Trinajstić information content (AvgIpc) is 2.77. The van der Waals surface area contributed by atoms with E-state index in [1.165, 1.54) is 0 Å². The molecule has 1 aliphatic heterocycles. The molecule has 146 valence electrons. The fourth-order valence-corrected chi connectivity index (χ4v) is 4.73. The fourth-order valence-electron chi connectivity index (χ4n) is 4.73.